The van der Waals surface area contributed by atoms with E-state index >= 15 is 0 Å². The van der Waals surface area contributed by atoms with E-state index in [-0.39, 0.29) is 12.3 Å². The number of nitrogens with one attached hydrogen (secondary N) is 1. The van der Waals surface area contributed by atoms with Crippen LogP contribution in [0.1, 0.15) is 6.92 Å². The first kappa shape index (κ1) is 14.6. The molecule has 0 fully saturated rings. The Morgan fingerprint density at radius 2 is 2.17 bits per heavy atom. The van der Waals surface area contributed by atoms with Crippen LogP contribution in [0.3, 0.4) is 0 Å². The number of hydrogen-bond acceptors (Lipinski definition) is 4. The van der Waals surface area contributed by atoms with Crippen LogP contribution in [0.5, 0.6) is 0 Å². The molecule has 8 heteroatoms. The topological polar surface area (TPSA) is 98.5 Å². The molecule has 0 aliphatic carbocycles. The van der Waals surface area contributed by atoms with Gasteiger partial charge in [-0.25, -0.2) is 17.9 Å². The Morgan fingerprint density at radius 1 is 1.50 bits per heavy atom. The van der Waals surface area contributed by atoms with Gasteiger partial charge < -0.3 is 10.1 Å². The number of sulfonamides is 1. The van der Waals surface area contributed by atoms with Crippen molar-refractivity contribution >= 4 is 21.6 Å². The summed E-state index contributed by atoms with van der Waals surface area (Å²) < 4.78 is 40.2. The summed E-state index contributed by atoms with van der Waals surface area (Å²) in [7, 11) is -4.11. The molecule has 0 atom stereocenters. The van der Waals surface area contributed by atoms with Crippen LogP contribution in [0, 0.1) is 5.82 Å². The summed E-state index contributed by atoms with van der Waals surface area (Å²) >= 11 is 0. The van der Waals surface area contributed by atoms with E-state index in [2.05, 4.69) is 5.32 Å². The molecule has 0 saturated heterocycles. The predicted molar refractivity (Wildman–Crippen MR) is 62.9 cm³/mol. The van der Waals surface area contributed by atoms with Gasteiger partial charge in [-0.1, -0.05) is 0 Å². The largest absolute Gasteiger partial charge is 0.372 e. The van der Waals surface area contributed by atoms with Crippen molar-refractivity contribution in [2.24, 2.45) is 5.14 Å². The highest BCUT2D eigenvalue weighted by Gasteiger charge is 2.15. The second kappa shape index (κ2) is 5.89. The van der Waals surface area contributed by atoms with Crippen molar-refractivity contribution in [3.63, 3.8) is 0 Å². The van der Waals surface area contributed by atoms with Crippen LogP contribution in [0.25, 0.3) is 0 Å². The SMILES string of the molecule is CCOCC(=O)Nc1ccc(S(N)(=O)=O)c(F)c1. The van der Waals surface area contributed by atoms with E-state index in [9.17, 15) is 17.6 Å². The molecule has 0 unspecified atom stereocenters. The Balaban J connectivity index is 2.82. The molecule has 1 amide bonds. The van der Waals surface area contributed by atoms with Gasteiger partial charge in [0.2, 0.25) is 15.9 Å². The number of ether oxygens (including phenoxy) is 1. The van der Waals surface area contributed by atoms with Crippen molar-refractivity contribution in [3.05, 3.63) is 24.0 Å². The van der Waals surface area contributed by atoms with Gasteiger partial charge >= 0.3 is 0 Å². The van der Waals surface area contributed by atoms with Crippen LogP contribution in [-0.2, 0) is 19.6 Å². The van der Waals surface area contributed by atoms with Crippen LogP contribution >= 0.6 is 0 Å². The van der Waals surface area contributed by atoms with Crippen LogP contribution in [-0.4, -0.2) is 27.5 Å². The number of benzene rings is 1. The van der Waals surface area contributed by atoms with Crippen molar-refractivity contribution in [2.75, 3.05) is 18.5 Å². The zero-order valence-electron chi connectivity index (χ0n) is 9.64. The van der Waals surface area contributed by atoms with Crippen molar-refractivity contribution in [1.82, 2.24) is 0 Å². The smallest absolute Gasteiger partial charge is 0.250 e. The third-order valence-corrected chi connectivity index (χ3v) is 2.90. The van der Waals surface area contributed by atoms with Crippen molar-refractivity contribution in [1.29, 1.82) is 0 Å². The van der Waals surface area contributed by atoms with E-state index in [1.807, 2.05) is 0 Å². The highest BCUT2D eigenvalue weighted by atomic mass is 32.2. The number of rotatable bonds is 5. The molecular weight excluding hydrogens is 263 g/mol. The van der Waals surface area contributed by atoms with E-state index in [1.54, 1.807) is 6.92 Å². The van der Waals surface area contributed by atoms with Crippen molar-refractivity contribution < 1.29 is 22.3 Å². The second-order valence-electron chi connectivity index (χ2n) is 3.38. The summed E-state index contributed by atoms with van der Waals surface area (Å²) in [5, 5.41) is 7.16. The lowest BCUT2D eigenvalue weighted by Crippen LogP contribution is -2.19. The summed E-state index contributed by atoms with van der Waals surface area (Å²) in [6, 6.07) is 3.11. The maximum atomic E-state index is 13.4. The third-order valence-electron chi connectivity index (χ3n) is 1.96. The van der Waals surface area contributed by atoms with Crippen LogP contribution in [0.15, 0.2) is 23.1 Å². The molecule has 0 bridgehead atoms. The number of hydrogen-bond donors (Lipinski definition) is 2. The Morgan fingerprint density at radius 3 is 2.67 bits per heavy atom. The molecule has 1 rings (SSSR count). The number of amides is 1. The van der Waals surface area contributed by atoms with E-state index in [0.29, 0.717) is 6.61 Å². The van der Waals surface area contributed by atoms with Gasteiger partial charge in [-0.3, -0.25) is 4.79 Å². The fourth-order valence-electron chi connectivity index (χ4n) is 1.20. The quantitative estimate of drug-likeness (QED) is 0.815. The summed E-state index contributed by atoms with van der Waals surface area (Å²) in [4.78, 5) is 10.6. The minimum Gasteiger partial charge on any atom is -0.372 e. The van der Waals surface area contributed by atoms with Gasteiger partial charge in [-0.15, -0.1) is 0 Å². The molecule has 18 heavy (non-hydrogen) atoms. The Bertz CT molecular complexity index is 545. The predicted octanol–water partition coefficient (Wildman–Crippen LogP) is 0.448. The fraction of sp³-hybridized carbons (Fsp3) is 0.300. The van der Waals surface area contributed by atoms with Gasteiger partial charge in [0.1, 0.15) is 17.3 Å². The minimum atomic E-state index is -4.11. The van der Waals surface area contributed by atoms with E-state index in [0.717, 1.165) is 12.1 Å². The van der Waals surface area contributed by atoms with Gasteiger partial charge in [-0.05, 0) is 25.1 Å². The Labute approximate surface area is 104 Å². The summed E-state index contributed by atoms with van der Waals surface area (Å²) in [5.74, 6) is -1.48. The molecule has 1 aromatic rings. The average Bonchev–Trinajstić information content (AvgIpc) is 2.24. The molecule has 0 aromatic heterocycles. The summed E-state index contributed by atoms with van der Waals surface area (Å²) in [6.07, 6.45) is 0. The van der Waals surface area contributed by atoms with Gasteiger partial charge in [0.15, 0.2) is 0 Å². The second-order valence-corrected chi connectivity index (χ2v) is 4.91. The molecule has 0 heterocycles. The van der Waals surface area contributed by atoms with E-state index < -0.39 is 26.6 Å². The van der Waals surface area contributed by atoms with E-state index in [1.165, 1.54) is 6.07 Å². The van der Waals surface area contributed by atoms with Crippen LogP contribution in [0.4, 0.5) is 10.1 Å². The highest BCUT2D eigenvalue weighted by molar-refractivity contribution is 7.89. The lowest BCUT2D eigenvalue weighted by molar-refractivity contribution is -0.120. The molecule has 1 aromatic carbocycles. The first-order chi connectivity index (χ1) is 8.34. The van der Waals surface area contributed by atoms with Crippen LogP contribution < -0.4 is 10.5 Å². The van der Waals surface area contributed by atoms with Gasteiger partial charge in [-0.2, -0.15) is 0 Å². The molecule has 100 valence electrons. The maximum absolute atomic E-state index is 13.4. The standard InChI is InChI=1S/C10H13FN2O4S/c1-2-17-6-10(14)13-7-3-4-9(8(11)5-7)18(12,15)16/h3-5H,2,6H2,1H3,(H,13,14)(H2,12,15,16). The normalized spacial score (nSPS) is 11.3. The molecule has 0 spiro atoms. The van der Waals surface area contributed by atoms with Crippen LogP contribution in [0.2, 0.25) is 0 Å². The summed E-state index contributed by atoms with van der Waals surface area (Å²) in [5.41, 5.74) is 0.129. The van der Waals surface area contributed by atoms with Gasteiger partial charge in [0.25, 0.3) is 0 Å². The number of halogens is 1. The fourth-order valence-corrected chi connectivity index (χ4v) is 1.79. The molecule has 3 N–H and O–H groups in total. The zero-order valence-corrected chi connectivity index (χ0v) is 10.5. The number of primary sulfonamides is 1. The first-order valence-electron chi connectivity index (χ1n) is 5.04. The average molecular weight is 276 g/mol. The van der Waals surface area contributed by atoms with E-state index in [4.69, 9.17) is 9.88 Å². The first-order valence-corrected chi connectivity index (χ1v) is 6.59. The monoisotopic (exact) mass is 276 g/mol. The summed E-state index contributed by atoms with van der Waals surface area (Å²) in [6.45, 7) is 1.95. The minimum absolute atomic E-state index is 0.129. The molecule has 6 nitrogen and oxygen atoms in total. The Kier molecular flexibility index (Phi) is 4.76. The number of anilines is 1. The van der Waals surface area contributed by atoms with Crippen molar-refractivity contribution in [2.45, 2.75) is 11.8 Å². The number of carbonyl (C=O) groups is 1. The molecule has 0 saturated carbocycles. The molecular formula is C10H13FN2O4S. The molecule has 0 aliphatic heterocycles. The third kappa shape index (κ3) is 4.06. The lowest BCUT2D eigenvalue weighted by Gasteiger charge is -2.07. The number of nitrogens with two attached hydrogens (primary N) is 1. The molecule has 0 radical (unpaired) electrons. The zero-order chi connectivity index (χ0) is 13.8. The molecule has 0 aliphatic rings. The number of carbonyl (C=O) groups excluding carboxylic acids is 1. The lowest BCUT2D eigenvalue weighted by atomic mass is 10.3. The highest BCUT2D eigenvalue weighted by Crippen LogP contribution is 2.17. The Hall–Kier alpha value is -1.51. The van der Waals surface area contributed by atoms with Gasteiger partial charge in [0.05, 0.1) is 0 Å². The van der Waals surface area contributed by atoms with Gasteiger partial charge in [0, 0.05) is 12.3 Å². The maximum Gasteiger partial charge on any atom is 0.250 e. The van der Waals surface area contributed by atoms with Crippen molar-refractivity contribution in [3.8, 4) is 0 Å².